The number of carbonyl (C=O) groups is 3. The molecule has 1 aromatic carbocycles. The van der Waals surface area contributed by atoms with Gasteiger partial charge in [0.15, 0.2) is 0 Å². The molecule has 142 valence electrons. The van der Waals surface area contributed by atoms with Gasteiger partial charge in [-0.2, -0.15) is 0 Å². The molecule has 0 unspecified atom stereocenters. The van der Waals surface area contributed by atoms with Crippen molar-refractivity contribution >= 4 is 18.0 Å². The molecule has 8 heteroatoms. The Morgan fingerprint density at radius 1 is 1.15 bits per heavy atom. The van der Waals surface area contributed by atoms with Gasteiger partial charge in [-0.1, -0.05) is 36.4 Å². The van der Waals surface area contributed by atoms with Crippen LogP contribution in [0.15, 0.2) is 43.0 Å². The van der Waals surface area contributed by atoms with Gasteiger partial charge in [-0.15, -0.1) is 6.58 Å². The third-order valence-corrected chi connectivity index (χ3v) is 3.52. The van der Waals surface area contributed by atoms with Crippen LogP contribution >= 0.6 is 0 Å². The highest BCUT2D eigenvalue weighted by Crippen LogP contribution is 2.03. The molecular formula is C18H24N2O6. The lowest BCUT2D eigenvalue weighted by atomic mass is 10.1. The molecule has 0 saturated heterocycles. The molecule has 2 amide bonds. The zero-order chi connectivity index (χ0) is 19.4. The number of allylic oxidation sites excluding steroid dienone is 1. The summed E-state index contributed by atoms with van der Waals surface area (Å²) in [6, 6.07) is 6.52. The fourth-order valence-electron chi connectivity index (χ4n) is 2.10. The number of rotatable bonds is 11. The van der Waals surface area contributed by atoms with Gasteiger partial charge in [-0.3, -0.25) is 4.79 Å². The number of carbonyl (C=O) groups excluding carboxylic acids is 2. The van der Waals surface area contributed by atoms with Crippen LogP contribution in [0.25, 0.3) is 0 Å². The van der Waals surface area contributed by atoms with Gasteiger partial charge < -0.3 is 25.6 Å². The van der Waals surface area contributed by atoms with Crippen LogP contribution in [0.4, 0.5) is 4.79 Å². The summed E-state index contributed by atoms with van der Waals surface area (Å²) in [5, 5.41) is 23.0. The van der Waals surface area contributed by atoms with E-state index in [-0.39, 0.29) is 13.0 Å². The highest BCUT2D eigenvalue weighted by atomic mass is 16.5. The lowest BCUT2D eigenvalue weighted by molar-refractivity contribution is -0.142. The standard InChI is InChI=1S/C18H24N2O6/c1-2-3-5-10-14(17(23)24)19-16(22)15(11-21)20-18(25)26-12-13-8-6-4-7-9-13/h2,4,6-9,14-15,21H,1,3,5,10-12H2,(H,19,22)(H,20,25)(H,23,24)/t14-,15-/m0/s1. The third-order valence-electron chi connectivity index (χ3n) is 3.52. The summed E-state index contributed by atoms with van der Waals surface area (Å²) >= 11 is 0. The minimum atomic E-state index is -1.31. The second-order valence-corrected chi connectivity index (χ2v) is 5.56. The molecule has 0 saturated carbocycles. The molecule has 2 atom stereocenters. The molecule has 0 radical (unpaired) electrons. The number of carboxylic acid groups (broad SMARTS) is 1. The first kappa shape index (κ1) is 21.2. The first-order valence-corrected chi connectivity index (χ1v) is 8.20. The number of aliphatic hydroxyl groups excluding tert-OH is 1. The van der Waals surface area contributed by atoms with Crippen LogP contribution in [0, 0.1) is 0 Å². The lowest BCUT2D eigenvalue weighted by Gasteiger charge is -2.19. The molecule has 0 aliphatic heterocycles. The highest BCUT2D eigenvalue weighted by molar-refractivity contribution is 5.89. The van der Waals surface area contributed by atoms with Gasteiger partial charge in [-0.05, 0) is 24.8 Å². The van der Waals surface area contributed by atoms with E-state index in [1.807, 2.05) is 6.07 Å². The summed E-state index contributed by atoms with van der Waals surface area (Å²) in [6.07, 6.45) is 2.14. The lowest BCUT2D eigenvalue weighted by Crippen LogP contribution is -2.53. The van der Waals surface area contributed by atoms with Gasteiger partial charge in [0.1, 0.15) is 18.7 Å². The summed E-state index contributed by atoms with van der Waals surface area (Å²) < 4.78 is 4.97. The maximum atomic E-state index is 12.1. The van der Waals surface area contributed by atoms with E-state index in [1.54, 1.807) is 30.3 Å². The monoisotopic (exact) mass is 364 g/mol. The SMILES string of the molecule is C=CCCC[C@H](NC(=O)[C@H](CO)NC(=O)OCc1ccccc1)C(=O)O. The normalized spacial score (nSPS) is 12.5. The van der Waals surface area contributed by atoms with Gasteiger partial charge in [0.05, 0.1) is 6.61 Å². The molecule has 0 aliphatic rings. The Morgan fingerprint density at radius 2 is 1.85 bits per heavy atom. The largest absolute Gasteiger partial charge is 0.480 e. The van der Waals surface area contributed by atoms with Crippen molar-refractivity contribution in [3.63, 3.8) is 0 Å². The van der Waals surface area contributed by atoms with Crippen molar-refractivity contribution in [3.8, 4) is 0 Å². The molecule has 1 rings (SSSR count). The Bertz CT molecular complexity index is 605. The Labute approximate surface area is 151 Å². The van der Waals surface area contributed by atoms with E-state index >= 15 is 0 Å². The fraction of sp³-hybridized carbons (Fsp3) is 0.389. The number of amides is 2. The van der Waals surface area contributed by atoms with Crippen molar-refractivity contribution in [2.24, 2.45) is 0 Å². The first-order chi connectivity index (χ1) is 12.5. The van der Waals surface area contributed by atoms with E-state index in [0.717, 1.165) is 5.56 Å². The molecule has 4 N–H and O–H groups in total. The zero-order valence-corrected chi connectivity index (χ0v) is 14.4. The number of aliphatic hydroxyl groups is 1. The van der Waals surface area contributed by atoms with E-state index in [1.165, 1.54) is 0 Å². The minimum absolute atomic E-state index is 0.00570. The summed E-state index contributed by atoms with van der Waals surface area (Å²) in [4.78, 5) is 35.1. The van der Waals surface area contributed by atoms with Crippen molar-refractivity contribution in [2.75, 3.05) is 6.61 Å². The van der Waals surface area contributed by atoms with Crippen molar-refractivity contribution in [1.82, 2.24) is 10.6 Å². The van der Waals surface area contributed by atoms with Crippen molar-refractivity contribution in [3.05, 3.63) is 48.6 Å². The number of hydrogen-bond acceptors (Lipinski definition) is 5. The molecule has 0 spiro atoms. The van der Waals surface area contributed by atoms with Crippen molar-refractivity contribution in [2.45, 2.75) is 38.0 Å². The summed E-state index contributed by atoms with van der Waals surface area (Å²) in [5.74, 6) is -1.99. The van der Waals surface area contributed by atoms with E-state index in [2.05, 4.69) is 17.2 Å². The summed E-state index contributed by atoms with van der Waals surface area (Å²) in [5.41, 5.74) is 0.765. The molecule has 0 heterocycles. The molecule has 0 fully saturated rings. The van der Waals surface area contributed by atoms with Crippen LogP contribution in [-0.4, -0.2) is 46.9 Å². The molecule has 26 heavy (non-hydrogen) atoms. The predicted molar refractivity (Wildman–Crippen MR) is 94.3 cm³/mol. The number of benzene rings is 1. The molecule has 0 bridgehead atoms. The fourth-order valence-corrected chi connectivity index (χ4v) is 2.10. The van der Waals surface area contributed by atoms with E-state index in [0.29, 0.717) is 12.8 Å². The maximum Gasteiger partial charge on any atom is 0.408 e. The van der Waals surface area contributed by atoms with Crippen LogP contribution in [0.1, 0.15) is 24.8 Å². The van der Waals surface area contributed by atoms with Gasteiger partial charge in [0.25, 0.3) is 0 Å². The van der Waals surface area contributed by atoms with Crippen LogP contribution in [0.2, 0.25) is 0 Å². The van der Waals surface area contributed by atoms with Crippen LogP contribution in [-0.2, 0) is 20.9 Å². The Balaban J connectivity index is 2.51. The number of aliphatic carboxylic acids is 1. The molecule has 0 aromatic heterocycles. The van der Waals surface area contributed by atoms with Crippen LogP contribution in [0.3, 0.4) is 0 Å². The minimum Gasteiger partial charge on any atom is -0.480 e. The number of hydrogen-bond donors (Lipinski definition) is 4. The van der Waals surface area contributed by atoms with E-state index in [4.69, 9.17) is 9.84 Å². The second-order valence-electron chi connectivity index (χ2n) is 5.56. The second kappa shape index (κ2) is 11.6. The Hall–Kier alpha value is -2.87. The number of carboxylic acids is 1. The first-order valence-electron chi connectivity index (χ1n) is 8.20. The number of ether oxygens (including phenoxy) is 1. The zero-order valence-electron chi connectivity index (χ0n) is 14.4. The quantitative estimate of drug-likeness (QED) is 0.345. The van der Waals surface area contributed by atoms with Gasteiger partial charge in [0.2, 0.25) is 5.91 Å². The topological polar surface area (TPSA) is 125 Å². The summed E-state index contributed by atoms with van der Waals surface area (Å²) in [7, 11) is 0. The van der Waals surface area contributed by atoms with Crippen LogP contribution < -0.4 is 10.6 Å². The molecule has 8 nitrogen and oxygen atoms in total. The Kier molecular flexibility index (Phi) is 9.48. The van der Waals surface area contributed by atoms with Crippen molar-refractivity contribution in [1.29, 1.82) is 0 Å². The average molecular weight is 364 g/mol. The molecule has 0 aliphatic carbocycles. The van der Waals surface area contributed by atoms with Crippen molar-refractivity contribution < 1.29 is 29.3 Å². The van der Waals surface area contributed by atoms with E-state index < -0.39 is 36.7 Å². The van der Waals surface area contributed by atoms with Crippen LogP contribution in [0.5, 0.6) is 0 Å². The summed E-state index contributed by atoms with van der Waals surface area (Å²) in [6.45, 7) is 2.86. The third kappa shape index (κ3) is 7.80. The Morgan fingerprint density at radius 3 is 2.42 bits per heavy atom. The van der Waals surface area contributed by atoms with Gasteiger partial charge in [-0.25, -0.2) is 9.59 Å². The number of alkyl carbamates (subject to hydrolysis) is 1. The van der Waals surface area contributed by atoms with Gasteiger partial charge >= 0.3 is 12.1 Å². The maximum absolute atomic E-state index is 12.1. The highest BCUT2D eigenvalue weighted by Gasteiger charge is 2.26. The number of nitrogens with one attached hydrogen (secondary N) is 2. The van der Waals surface area contributed by atoms with Gasteiger partial charge in [0, 0.05) is 0 Å². The molecule has 1 aromatic rings. The van der Waals surface area contributed by atoms with E-state index in [9.17, 15) is 19.5 Å². The molecular weight excluding hydrogens is 340 g/mol. The average Bonchev–Trinajstić information content (AvgIpc) is 2.64. The number of unbranched alkanes of at least 4 members (excludes halogenated alkanes) is 1. The predicted octanol–water partition coefficient (Wildman–Crippen LogP) is 1.20. The smallest absolute Gasteiger partial charge is 0.408 e.